The second-order valence-electron chi connectivity index (χ2n) is 6.01. The van der Waals surface area contributed by atoms with Gasteiger partial charge in [-0.05, 0) is 25.8 Å². The number of amides is 1. The Hall–Kier alpha value is -1.60. The van der Waals surface area contributed by atoms with Crippen LogP contribution in [0.3, 0.4) is 0 Å². The number of thiophene rings is 1. The smallest absolute Gasteiger partial charge is 0.339 e. The van der Waals surface area contributed by atoms with Gasteiger partial charge in [0.15, 0.2) is 0 Å². The van der Waals surface area contributed by atoms with Crippen molar-refractivity contribution in [3.8, 4) is 0 Å². The fourth-order valence-electron chi connectivity index (χ4n) is 2.86. The van der Waals surface area contributed by atoms with Gasteiger partial charge in [0.05, 0.1) is 23.7 Å². The molecule has 0 atom stereocenters. The Morgan fingerprint density at radius 1 is 1.38 bits per heavy atom. The summed E-state index contributed by atoms with van der Waals surface area (Å²) < 4.78 is 5.31. The number of nitrogens with zero attached hydrogens (tertiary/aromatic N) is 1. The zero-order valence-corrected chi connectivity index (χ0v) is 12.9. The van der Waals surface area contributed by atoms with Gasteiger partial charge in [-0.15, -0.1) is 11.3 Å². The highest BCUT2D eigenvalue weighted by molar-refractivity contribution is 7.18. The SMILES string of the molecule is CC1(C)Cc2c(sc(N3CCOCC3)c2C(=O)O)C(=O)N1. The number of morpholine rings is 1. The van der Waals surface area contributed by atoms with E-state index in [0.717, 1.165) is 0 Å². The van der Waals surface area contributed by atoms with E-state index in [1.807, 2.05) is 18.7 Å². The summed E-state index contributed by atoms with van der Waals surface area (Å²) in [5.41, 5.74) is 0.542. The molecule has 21 heavy (non-hydrogen) atoms. The van der Waals surface area contributed by atoms with Crippen LogP contribution >= 0.6 is 11.3 Å². The van der Waals surface area contributed by atoms with Crippen LogP contribution in [0.5, 0.6) is 0 Å². The summed E-state index contributed by atoms with van der Waals surface area (Å²) in [5.74, 6) is -1.13. The van der Waals surface area contributed by atoms with Gasteiger partial charge in [0.25, 0.3) is 5.91 Å². The molecule has 0 unspecified atom stereocenters. The third-order valence-electron chi connectivity index (χ3n) is 3.78. The molecule has 0 radical (unpaired) electrons. The first-order valence-electron chi connectivity index (χ1n) is 6.93. The van der Waals surface area contributed by atoms with Crippen LogP contribution in [0.4, 0.5) is 5.00 Å². The van der Waals surface area contributed by atoms with E-state index in [-0.39, 0.29) is 5.91 Å². The summed E-state index contributed by atoms with van der Waals surface area (Å²) in [4.78, 5) is 26.5. The lowest BCUT2D eigenvalue weighted by Crippen LogP contribution is -2.48. The molecule has 0 aliphatic carbocycles. The molecule has 114 valence electrons. The predicted molar refractivity (Wildman–Crippen MR) is 79.6 cm³/mol. The minimum Gasteiger partial charge on any atom is -0.478 e. The van der Waals surface area contributed by atoms with Crippen molar-refractivity contribution in [3.63, 3.8) is 0 Å². The zero-order valence-electron chi connectivity index (χ0n) is 12.1. The Labute approximate surface area is 126 Å². The quantitative estimate of drug-likeness (QED) is 0.862. The third-order valence-corrected chi connectivity index (χ3v) is 5.07. The van der Waals surface area contributed by atoms with Gasteiger partial charge >= 0.3 is 5.97 Å². The van der Waals surface area contributed by atoms with Crippen LogP contribution in [0.25, 0.3) is 0 Å². The molecule has 0 saturated carbocycles. The summed E-state index contributed by atoms with van der Waals surface area (Å²) >= 11 is 1.28. The van der Waals surface area contributed by atoms with Crippen LogP contribution < -0.4 is 10.2 Å². The summed E-state index contributed by atoms with van der Waals surface area (Å²) in [6.45, 7) is 6.30. The van der Waals surface area contributed by atoms with Crippen molar-refractivity contribution in [1.82, 2.24) is 5.32 Å². The molecule has 2 aliphatic heterocycles. The molecule has 0 spiro atoms. The molecule has 6 nitrogen and oxygen atoms in total. The van der Waals surface area contributed by atoms with E-state index in [0.29, 0.717) is 53.7 Å². The lowest BCUT2D eigenvalue weighted by Gasteiger charge is -2.31. The number of fused-ring (bicyclic) bond motifs is 1. The number of aromatic carboxylic acids is 1. The van der Waals surface area contributed by atoms with Crippen LogP contribution in [0.15, 0.2) is 0 Å². The highest BCUT2D eigenvalue weighted by Gasteiger charge is 2.38. The molecule has 0 bridgehead atoms. The normalized spacial score (nSPS) is 20.9. The van der Waals surface area contributed by atoms with Crippen molar-refractivity contribution < 1.29 is 19.4 Å². The second kappa shape index (κ2) is 4.99. The number of rotatable bonds is 2. The maximum absolute atomic E-state index is 12.2. The number of anilines is 1. The zero-order chi connectivity index (χ0) is 15.2. The van der Waals surface area contributed by atoms with Crippen LogP contribution in [0, 0.1) is 0 Å². The Morgan fingerprint density at radius 2 is 2.05 bits per heavy atom. The monoisotopic (exact) mass is 310 g/mol. The van der Waals surface area contributed by atoms with Crippen molar-refractivity contribution in [1.29, 1.82) is 0 Å². The fraction of sp³-hybridized carbons (Fsp3) is 0.571. The van der Waals surface area contributed by atoms with Gasteiger partial charge in [-0.3, -0.25) is 4.79 Å². The number of carboxylic acid groups (broad SMARTS) is 1. The third kappa shape index (κ3) is 2.51. The number of hydrogen-bond acceptors (Lipinski definition) is 5. The molecule has 7 heteroatoms. The first-order valence-corrected chi connectivity index (χ1v) is 7.75. The van der Waals surface area contributed by atoms with E-state index in [1.165, 1.54) is 11.3 Å². The average molecular weight is 310 g/mol. The van der Waals surface area contributed by atoms with Crippen LogP contribution in [-0.4, -0.2) is 48.8 Å². The van der Waals surface area contributed by atoms with Gasteiger partial charge in [0, 0.05) is 18.6 Å². The molecule has 3 heterocycles. The Bertz CT molecular complexity index is 602. The minimum atomic E-state index is -0.959. The molecule has 1 aromatic heterocycles. The molecule has 0 aromatic carbocycles. The topological polar surface area (TPSA) is 78.9 Å². The number of carboxylic acids is 1. The van der Waals surface area contributed by atoms with E-state index in [1.54, 1.807) is 0 Å². The van der Waals surface area contributed by atoms with Crippen LogP contribution in [-0.2, 0) is 11.2 Å². The maximum Gasteiger partial charge on any atom is 0.339 e. The van der Waals surface area contributed by atoms with E-state index in [2.05, 4.69) is 5.32 Å². The van der Waals surface area contributed by atoms with Crippen molar-refractivity contribution >= 4 is 28.2 Å². The van der Waals surface area contributed by atoms with Crippen molar-refractivity contribution in [3.05, 3.63) is 16.0 Å². The average Bonchev–Trinajstić information content (AvgIpc) is 2.78. The summed E-state index contributed by atoms with van der Waals surface area (Å²) in [6.07, 6.45) is 0.538. The molecular formula is C14H18N2O4S. The predicted octanol–water partition coefficient (Wildman–Crippen LogP) is 1.35. The van der Waals surface area contributed by atoms with E-state index in [4.69, 9.17) is 4.74 Å². The molecule has 1 amide bonds. The molecule has 3 rings (SSSR count). The molecule has 1 aromatic rings. The minimum absolute atomic E-state index is 0.173. The first-order chi connectivity index (χ1) is 9.89. The van der Waals surface area contributed by atoms with Gasteiger partial charge in [-0.25, -0.2) is 4.79 Å². The number of hydrogen-bond donors (Lipinski definition) is 2. The van der Waals surface area contributed by atoms with Crippen molar-refractivity contribution in [2.45, 2.75) is 25.8 Å². The van der Waals surface area contributed by atoms with Gasteiger partial charge < -0.3 is 20.1 Å². The Balaban J connectivity index is 2.10. The first kappa shape index (κ1) is 14.3. The molecule has 2 aliphatic rings. The number of carbonyl (C=O) groups is 2. The van der Waals surface area contributed by atoms with Gasteiger partial charge in [-0.2, -0.15) is 0 Å². The highest BCUT2D eigenvalue weighted by atomic mass is 32.1. The van der Waals surface area contributed by atoms with E-state index in [9.17, 15) is 14.7 Å². The summed E-state index contributed by atoms with van der Waals surface area (Å²) in [7, 11) is 0. The lowest BCUT2D eigenvalue weighted by molar-refractivity contribution is 0.0695. The number of nitrogens with one attached hydrogen (secondary N) is 1. The highest BCUT2D eigenvalue weighted by Crippen LogP contribution is 2.40. The van der Waals surface area contributed by atoms with Gasteiger partial charge in [-0.1, -0.05) is 0 Å². The number of carbonyl (C=O) groups excluding carboxylic acids is 1. The van der Waals surface area contributed by atoms with Crippen molar-refractivity contribution in [2.24, 2.45) is 0 Å². The van der Waals surface area contributed by atoms with E-state index < -0.39 is 11.5 Å². The van der Waals surface area contributed by atoms with Crippen molar-refractivity contribution in [2.75, 3.05) is 31.2 Å². The standard InChI is InChI=1S/C14H18N2O4S/c1-14(2)7-8-9(13(18)19)12(16-3-5-20-6-4-16)21-10(8)11(17)15-14/h3-7H2,1-2H3,(H,15,17)(H,18,19). The van der Waals surface area contributed by atoms with Crippen LogP contribution in [0.1, 0.15) is 39.4 Å². The summed E-state index contributed by atoms with van der Waals surface area (Å²) in [6, 6.07) is 0. The van der Waals surface area contributed by atoms with Gasteiger partial charge in [0.1, 0.15) is 5.00 Å². The number of ether oxygens (including phenoxy) is 1. The van der Waals surface area contributed by atoms with Gasteiger partial charge in [0.2, 0.25) is 0 Å². The molecular weight excluding hydrogens is 292 g/mol. The largest absolute Gasteiger partial charge is 0.478 e. The molecule has 1 fully saturated rings. The fourth-order valence-corrected chi connectivity index (χ4v) is 4.12. The Morgan fingerprint density at radius 3 is 2.67 bits per heavy atom. The second-order valence-corrected chi connectivity index (χ2v) is 7.01. The molecule has 1 saturated heterocycles. The van der Waals surface area contributed by atoms with E-state index >= 15 is 0 Å². The lowest BCUT2D eigenvalue weighted by atomic mass is 9.89. The maximum atomic E-state index is 12.2. The Kier molecular flexibility index (Phi) is 3.41. The molecule has 2 N–H and O–H groups in total. The van der Waals surface area contributed by atoms with Crippen LogP contribution in [0.2, 0.25) is 0 Å². The summed E-state index contributed by atoms with van der Waals surface area (Å²) in [5, 5.41) is 13.2.